The second-order valence-corrected chi connectivity index (χ2v) is 5.58. The van der Waals surface area contributed by atoms with Crippen LogP contribution in [-0.2, 0) is 9.53 Å². The number of piperazine rings is 1. The molecule has 19 heavy (non-hydrogen) atoms. The number of hydrogen-bond acceptors (Lipinski definition) is 4. The maximum atomic E-state index is 12.3. The molecule has 5 nitrogen and oxygen atoms in total. The zero-order chi connectivity index (χ0) is 13.5. The molecule has 5 heteroatoms. The average molecular weight is 269 g/mol. The summed E-state index contributed by atoms with van der Waals surface area (Å²) in [5, 5.41) is 0. The summed E-state index contributed by atoms with van der Waals surface area (Å²) in [6, 6.07) is 0. The van der Waals surface area contributed by atoms with Crippen molar-refractivity contribution in [2.45, 2.75) is 25.7 Å². The van der Waals surface area contributed by atoms with Crippen molar-refractivity contribution in [3.05, 3.63) is 0 Å². The maximum Gasteiger partial charge on any atom is 0.228 e. The van der Waals surface area contributed by atoms with Crippen LogP contribution in [-0.4, -0.2) is 68.2 Å². The summed E-state index contributed by atoms with van der Waals surface area (Å²) in [5.74, 6) is 0.416. The second kappa shape index (κ2) is 7.82. The van der Waals surface area contributed by atoms with Gasteiger partial charge in [0.2, 0.25) is 5.91 Å². The van der Waals surface area contributed by atoms with Gasteiger partial charge in [-0.15, -0.1) is 0 Å². The van der Waals surface area contributed by atoms with E-state index in [-0.39, 0.29) is 5.92 Å². The Morgan fingerprint density at radius 2 is 2.00 bits per heavy atom. The van der Waals surface area contributed by atoms with Crippen molar-refractivity contribution in [1.29, 1.82) is 0 Å². The third kappa shape index (κ3) is 4.44. The predicted octanol–water partition coefficient (Wildman–Crippen LogP) is 0.296. The molecular weight excluding hydrogens is 242 g/mol. The summed E-state index contributed by atoms with van der Waals surface area (Å²) in [4.78, 5) is 16.8. The number of nitrogens with two attached hydrogens (primary N) is 1. The lowest BCUT2D eigenvalue weighted by Gasteiger charge is -2.37. The van der Waals surface area contributed by atoms with E-state index in [0.29, 0.717) is 12.5 Å². The zero-order valence-corrected chi connectivity index (χ0v) is 11.9. The molecule has 110 valence electrons. The smallest absolute Gasteiger partial charge is 0.228 e. The Kier molecular flexibility index (Phi) is 6.07. The monoisotopic (exact) mass is 269 g/mol. The fourth-order valence-electron chi connectivity index (χ4n) is 2.87. The van der Waals surface area contributed by atoms with Gasteiger partial charge in [0.05, 0.1) is 12.5 Å². The van der Waals surface area contributed by atoms with Crippen molar-refractivity contribution in [2.75, 3.05) is 52.5 Å². The molecule has 0 aromatic rings. The molecule has 2 aliphatic heterocycles. The van der Waals surface area contributed by atoms with Crippen molar-refractivity contribution in [2.24, 2.45) is 11.7 Å². The topological polar surface area (TPSA) is 58.8 Å². The Labute approximate surface area is 116 Å². The summed E-state index contributed by atoms with van der Waals surface area (Å²) in [7, 11) is 0. The molecule has 1 unspecified atom stereocenters. The number of hydrogen-bond donors (Lipinski definition) is 1. The lowest BCUT2D eigenvalue weighted by molar-refractivity contribution is -0.141. The van der Waals surface area contributed by atoms with Crippen molar-refractivity contribution in [3.8, 4) is 0 Å². The standard InChI is InChI=1S/C14H27N3O2/c15-5-1-2-6-16-7-9-17(10-8-16)14(18)13-4-3-11-19-12-13/h13H,1-12,15H2. The van der Waals surface area contributed by atoms with Gasteiger partial charge in [-0.3, -0.25) is 9.69 Å². The lowest BCUT2D eigenvalue weighted by Crippen LogP contribution is -2.51. The van der Waals surface area contributed by atoms with E-state index in [1.54, 1.807) is 0 Å². The van der Waals surface area contributed by atoms with Gasteiger partial charge in [-0.2, -0.15) is 0 Å². The molecule has 1 amide bonds. The minimum absolute atomic E-state index is 0.109. The maximum absolute atomic E-state index is 12.3. The van der Waals surface area contributed by atoms with Gasteiger partial charge in [-0.25, -0.2) is 0 Å². The highest BCUT2D eigenvalue weighted by molar-refractivity contribution is 5.79. The van der Waals surface area contributed by atoms with Crippen LogP contribution in [0, 0.1) is 5.92 Å². The summed E-state index contributed by atoms with van der Waals surface area (Å²) in [6.45, 7) is 7.09. The van der Waals surface area contributed by atoms with Crippen LogP contribution in [0.15, 0.2) is 0 Å². The van der Waals surface area contributed by atoms with Crippen LogP contribution in [0.1, 0.15) is 25.7 Å². The highest BCUT2D eigenvalue weighted by atomic mass is 16.5. The Balaban J connectivity index is 1.68. The Morgan fingerprint density at radius 1 is 1.21 bits per heavy atom. The molecule has 0 saturated carbocycles. The Hall–Kier alpha value is -0.650. The van der Waals surface area contributed by atoms with Gasteiger partial charge >= 0.3 is 0 Å². The van der Waals surface area contributed by atoms with Crippen LogP contribution in [0.3, 0.4) is 0 Å². The molecule has 0 aromatic carbocycles. The van der Waals surface area contributed by atoms with E-state index < -0.39 is 0 Å². The number of carbonyl (C=O) groups is 1. The summed E-state index contributed by atoms with van der Waals surface area (Å²) < 4.78 is 5.41. The molecule has 2 heterocycles. The van der Waals surface area contributed by atoms with E-state index in [9.17, 15) is 4.79 Å². The molecule has 2 rings (SSSR count). The first-order valence-electron chi connectivity index (χ1n) is 7.60. The first-order valence-corrected chi connectivity index (χ1v) is 7.60. The first-order chi connectivity index (χ1) is 9.31. The van der Waals surface area contributed by atoms with Gasteiger partial charge in [-0.05, 0) is 38.8 Å². The number of carbonyl (C=O) groups excluding carboxylic acids is 1. The molecule has 1 atom stereocenters. The predicted molar refractivity (Wildman–Crippen MR) is 74.9 cm³/mol. The number of amides is 1. The molecule has 2 aliphatic rings. The van der Waals surface area contributed by atoms with Gasteiger partial charge in [-0.1, -0.05) is 0 Å². The first kappa shape index (κ1) is 14.8. The SMILES string of the molecule is NCCCCN1CCN(C(=O)C2CCCOC2)CC1. The summed E-state index contributed by atoms with van der Waals surface area (Å²) in [5.41, 5.74) is 5.51. The van der Waals surface area contributed by atoms with Crippen molar-refractivity contribution in [1.82, 2.24) is 9.80 Å². The third-order valence-electron chi connectivity index (χ3n) is 4.12. The molecule has 0 spiro atoms. The summed E-state index contributed by atoms with van der Waals surface area (Å²) >= 11 is 0. The number of rotatable bonds is 5. The molecule has 2 saturated heterocycles. The van der Waals surface area contributed by atoms with Crippen molar-refractivity contribution in [3.63, 3.8) is 0 Å². The van der Waals surface area contributed by atoms with Gasteiger partial charge < -0.3 is 15.4 Å². The third-order valence-corrected chi connectivity index (χ3v) is 4.12. The van der Waals surface area contributed by atoms with E-state index in [4.69, 9.17) is 10.5 Å². The van der Waals surface area contributed by atoms with Crippen molar-refractivity contribution >= 4 is 5.91 Å². The average Bonchev–Trinajstić information content (AvgIpc) is 2.48. The fraction of sp³-hybridized carbons (Fsp3) is 0.929. The molecule has 0 radical (unpaired) electrons. The lowest BCUT2D eigenvalue weighted by atomic mass is 10.0. The highest BCUT2D eigenvalue weighted by Gasteiger charge is 2.28. The van der Waals surface area contributed by atoms with E-state index in [2.05, 4.69) is 4.90 Å². The number of ether oxygens (including phenoxy) is 1. The molecule has 2 fully saturated rings. The molecule has 2 N–H and O–H groups in total. The van der Waals surface area contributed by atoms with Crippen molar-refractivity contribution < 1.29 is 9.53 Å². The molecule has 0 bridgehead atoms. The van der Waals surface area contributed by atoms with Crippen LogP contribution < -0.4 is 5.73 Å². The number of unbranched alkanes of at least 4 members (excludes halogenated alkanes) is 1. The van der Waals surface area contributed by atoms with Gasteiger partial charge in [0.1, 0.15) is 0 Å². The number of nitrogens with zero attached hydrogens (tertiary/aromatic N) is 2. The largest absolute Gasteiger partial charge is 0.381 e. The Bertz CT molecular complexity index is 272. The second-order valence-electron chi connectivity index (χ2n) is 5.58. The van der Waals surface area contributed by atoms with Crippen LogP contribution in [0.5, 0.6) is 0 Å². The van der Waals surface area contributed by atoms with E-state index >= 15 is 0 Å². The fourth-order valence-corrected chi connectivity index (χ4v) is 2.87. The molecule has 0 aromatic heterocycles. The minimum atomic E-state index is 0.109. The Morgan fingerprint density at radius 3 is 2.63 bits per heavy atom. The van der Waals surface area contributed by atoms with Gasteiger partial charge in [0.15, 0.2) is 0 Å². The van der Waals surface area contributed by atoms with Crippen LogP contribution in [0.25, 0.3) is 0 Å². The van der Waals surface area contributed by atoms with Crippen LogP contribution >= 0.6 is 0 Å². The van der Waals surface area contributed by atoms with E-state index in [1.165, 1.54) is 6.42 Å². The molecule has 0 aliphatic carbocycles. The van der Waals surface area contributed by atoms with Crippen LogP contribution in [0.2, 0.25) is 0 Å². The quantitative estimate of drug-likeness (QED) is 0.729. The zero-order valence-electron chi connectivity index (χ0n) is 11.9. The molecular formula is C14H27N3O2. The van der Waals surface area contributed by atoms with E-state index in [1.807, 2.05) is 4.90 Å². The van der Waals surface area contributed by atoms with E-state index in [0.717, 1.165) is 65.1 Å². The van der Waals surface area contributed by atoms with Gasteiger partial charge in [0, 0.05) is 32.8 Å². The summed E-state index contributed by atoms with van der Waals surface area (Å²) in [6.07, 6.45) is 4.28. The normalized spacial score (nSPS) is 25.5. The highest BCUT2D eigenvalue weighted by Crippen LogP contribution is 2.17. The minimum Gasteiger partial charge on any atom is -0.381 e. The van der Waals surface area contributed by atoms with Gasteiger partial charge in [0.25, 0.3) is 0 Å². The van der Waals surface area contributed by atoms with Crippen LogP contribution in [0.4, 0.5) is 0 Å².